The molecule has 0 aromatic carbocycles. The topological polar surface area (TPSA) is 125 Å². The van der Waals surface area contributed by atoms with Gasteiger partial charge in [-0.2, -0.15) is 0 Å². The van der Waals surface area contributed by atoms with Crippen molar-refractivity contribution >= 4 is 6.03 Å². The van der Waals surface area contributed by atoms with Gasteiger partial charge in [0.2, 0.25) is 0 Å². The third kappa shape index (κ3) is 2.41. The number of carbonyl (C=O) groups is 1. The smallest absolute Gasteiger partial charge is 0.340 e. The van der Waals surface area contributed by atoms with E-state index in [0.717, 1.165) is 0 Å². The summed E-state index contributed by atoms with van der Waals surface area (Å²) < 4.78 is 5.10. The third-order valence-electron chi connectivity index (χ3n) is 2.28. The van der Waals surface area contributed by atoms with Crippen LogP contribution in [0.3, 0.4) is 0 Å². The lowest BCUT2D eigenvalue weighted by Gasteiger charge is -2.37. The first-order chi connectivity index (χ1) is 6.97. The second-order valence-electron chi connectivity index (χ2n) is 3.35. The van der Waals surface area contributed by atoms with Crippen molar-refractivity contribution in [1.82, 2.24) is 5.01 Å². The molecule has 15 heavy (non-hydrogen) atoms. The van der Waals surface area contributed by atoms with Crippen LogP contribution in [0.15, 0.2) is 5.29 Å². The molecule has 0 saturated carbocycles. The maximum absolute atomic E-state index is 10.8. The minimum absolute atomic E-state index is 0.111. The van der Waals surface area contributed by atoms with Crippen LogP contribution in [0, 0.1) is 4.91 Å². The number of amides is 2. The van der Waals surface area contributed by atoms with E-state index in [2.05, 4.69) is 5.29 Å². The van der Waals surface area contributed by atoms with E-state index in [4.69, 9.17) is 10.5 Å². The SMILES string of the molecule is C[C@H]1O[C@H](N(N=O)C(N)=O)C[C@@H](O)[C@@H]1O. The number of aliphatic hydroxyl groups is 2. The Bertz CT molecular complexity index is 249. The number of hydrogen-bond acceptors (Lipinski definition) is 6. The second kappa shape index (κ2) is 4.51. The first-order valence-corrected chi connectivity index (χ1v) is 4.41. The summed E-state index contributed by atoms with van der Waals surface area (Å²) >= 11 is 0. The molecule has 0 spiro atoms. The van der Waals surface area contributed by atoms with Crippen molar-refractivity contribution in [3.63, 3.8) is 0 Å². The maximum Gasteiger partial charge on any atom is 0.340 e. The number of ether oxygens (including phenoxy) is 1. The van der Waals surface area contributed by atoms with Gasteiger partial charge >= 0.3 is 6.03 Å². The van der Waals surface area contributed by atoms with Gasteiger partial charge in [0.05, 0.1) is 17.5 Å². The number of nitroso groups, excluding NO2 is 1. The molecule has 4 N–H and O–H groups in total. The van der Waals surface area contributed by atoms with Crippen molar-refractivity contribution < 1.29 is 19.7 Å². The van der Waals surface area contributed by atoms with Gasteiger partial charge in [-0.15, -0.1) is 9.92 Å². The minimum Gasteiger partial charge on any atom is -0.390 e. The zero-order valence-corrected chi connectivity index (χ0v) is 8.11. The molecule has 1 heterocycles. The number of nitrogens with zero attached hydrogens (tertiary/aromatic N) is 2. The monoisotopic (exact) mass is 219 g/mol. The van der Waals surface area contributed by atoms with Gasteiger partial charge in [0.1, 0.15) is 6.10 Å². The first-order valence-electron chi connectivity index (χ1n) is 4.41. The fourth-order valence-electron chi connectivity index (χ4n) is 1.43. The molecule has 0 aromatic heterocycles. The Labute approximate surface area is 85.6 Å². The van der Waals surface area contributed by atoms with Gasteiger partial charge < -0.3 is 20.7 Å². The molecule has 1 aliphatic rings. The van der Waals surface area contributed by atoms with Gasteiger partial charge in [-0.25, -0.2) is 4.79 Å². The number of aliphatic hydroxyl groups excluding tert-OH is 2. The van der Waals surface area contributed by atoms with E-state index < -0.39 is 30.6 Å². The molecule has 0 aliphatic carbocycles. The lowest BCUT2D eigenvalue weighted by Crippen LogP contribution is -2.53. The lowest BCUT2D eigenvalue weighted by molar-refractivity contribution is -0.193. The van der Waals surface area contributed by atoms with Crippen molar-refractivity contribution in [2.24, 2.45) is 11.0 Å². The Hall–Kier alpha value is -1.25. The molecule has 1 fully saturated rings. The van der Waals surface area contributed by atoms with Gasteiger partial charge in [-0.1, -0.05) is 0 Å². The number of hydrogen-bond donors (Lipinski definition) is 3. The Morgan fingerprint density at radius 1 is 1.60 bits per heavy atom. The Kier molecular flexibility index (Phi) is 3.56. The van der Waals surface area contributed by atoms with E-state index >= 15 is 0 Å². The predicted molar refractivity (Wildman–Crippen MR) is 48.2 cm³/mol. The van der Waals surface area contributed by atoms with Gasteiger partial charge in [-0.05, 0) is 6.92 Å². The van der Waals surface area contributed by atoms with Crippen LogP contribution in [0.5, 0.6) is 0 Å². The molecular formula is C7H13N3O5. The van der Waals surface area contributed by atoms with Crippen molar-refractivity contribution in [2.75, 3.05) is 0 Å². The van der Waals surface area contributed by atoms with E-state index in [1.807, 2.05) is 0 Å². The van der Waals surface area contributed by atoms with Crippen molar-refractivity contribution in [1.29, 1.82) is 0 Å². The summed E-state index contributed by atoms with van der Waals surface area (Å²) in [5.41, 5.74) is 4.87. The van der Waals surface area contributed by atoms with Crippen LogP contribution in [0.1, 0.15) is 13.3 Å². The van der Waals surface area contributed by atoms with E-state index in [0.29, 0.717) is 5.01 Å². The molecule has 0 radical (unpaired) electrons. The van der Waals surface area contributed by atoms with Crippen molar-refractivity contribution in [3.8, 4) is 0 Å². The van der Waals surface area contributed by atoms with Crippen LogP contribution in [0.2, 0.25) is 0 Å². The number of nitrogens with two attached hydrogens (primary N) is 1. The summed E-state index contributed by atoms with van der Waals surface area (Å²) in [5, 5.41) is 21.5. The molecule has 0 aromatic rings. The summed E-state index contributed by atoms with van der Waals surface area (Å²) in [4.78, 5) is 21.0. The molecule has 2 amide bonds. The van der Waals surface area contributed by atoms with Crippen LogP contribution >= 0.6 is 0 Å². The molecule has 0 unspecified atom stereocenters. The molecule has 86 valence electrons. The molecule has 1 saturated heterocycles. The van der Waals surface area contributed by atoms with Gasteiger partial charge in [0, 0.05) is 6.42 Å². The predicted octanol–water partition coefficient (Wildman–Crippen LogP) is -1.09. The zero-order valence-electron chi connectivity index (χ0n) is 8.11. The summed E-state index contributed by atoms with van der Waals surface area (Å²) in [6, 6.07) is -1.06. The number of carbonyl (C=O) groups excluding carboxylic acids is 1. The largest absolute Gasteiger partial charge is 0.390 e. The van der Waals surface area contributed by atoms with Gasteiger partial charge in [0.25, 0.3) is 0 Å². The van der Waals surface area contributed by atoms with E-state index in [1.54, 1.807) is 0 Å². The molecule has 1 aliphatic heterocycles. The number of primary amides is 1. The highest BCUT2D eigenvalue weighted by Gasteiger charge is 2.38. The fraction of sp³-hybridized carbons (Fsp3) is 0.857. The number of rotatable bonds is 2. The average Bonchev–Trinajstić information content (AvgIpc) is 2.14. The van der Waals surface area contributed by atoms with Crippen LogP contribution in [0.25, 0.3) is 0 Å². The molecule has 0 bridgehead atoms. The molecular weight excluding hydrogens is 206 g/mol. The highest BCUT2D eigenvalue weighted by molar-refractivity contribution is 5.71. The van der Waals surface area contributed by atoms with Crippen LogP contribution in [-0.2, 0) is 4.74 Å². The molecule has 4 atom stereocenters. The summed E-state index contributed by atoms with van der Waals surface area (Å²) in [6.07, 6.45) is -3.99. The quantitative estimate of drug-likeness (QED) is 0.401. The van der Waals surface area contributed by atoms with Crippen LogP contribution in [-0.4, -0.2) is 45.8 Å². The molecule has 8 heteroatoms. The number of urea groups is 1. The Morgan fingerprint density at radius 3 is 2.60 bits per heavy atom. The summed E-state index contributed by atoms with van der Waals surface area (Å²) in [5.74, 6) is 0. The highest BCUT2D eigenvalue weighted by Crippen LogP contribution is 2.22. The van der Waals surface area contributed by atoms with E-state index in [1.165, 1.54) is 6.92 Å². The summed E-state index contributed by atoms with van der Waals surface area (Å²) in [7, 11) is 0. The van der Waals surface area contributed by atoms with E-state index in [-0.39, 0.29) is 6.42 Å². The van der Waals surface area contributed by atoms with E-state index in [9.17, 15) is 19.9 Å². The van der Waals surface area contributed by atoms with Crippen LogP contribution in [0.4, 0.5) is 4.79 Å². The normalized spacial score (nSPS) is 35.9. The van der Waals surface area contributed by atoms with Crippen molar-refractivity contribution in [2.45, 2.75) is 37.9 Å². The highest BCUT2D eigenvalue weighted by atomic mass is 16.5. The first kappa shape index (κ1) is 11.8. The molecule has 1 rings (SSSR count). The Balaban J connectivity index is 2.72. The van der Waals surface area contributed by atoms with Gasteiger partial charge in [0.15, 0.2) is 6.23 Å². The lowest BCUT2D eigenvalue weighted by atomic mass is 10.0. The fourth-order valence-corrected chi connectivity index (χ4v) is 1.43. The van der Waals surface area contributed by atoms with Crippen LogP contribution < -0.4 is 5.73 Å². The second-order valence-corrected chi connectivity index (χ2v) is 3.35. The third-order valence-corrected chi connectivity index (χ3v) is 2.28. The summed E-state index contributed by atoms with van der Waals surface area (Å²) in [6.45, 7) is 1.50. The standard InChI is InChI=1S/C7H13N3O5/c1-3-6(12)4(11)2-5(15-3)10(9-14)7(8)13/h3-6,11-12H,2H2,1H3,(H2,8,13)/t3-,4-,5+,6-/m1/s1. The van der Waals surface area contributed by atoms with Gasteiger partial charge in [-0.3, -0.25) is 0 Å². The minimum atomic E-state index is -1.08. The maximum atomic E-state index is 10.8. The zero-order chi connectivity index (χ0) is 11.6. The Morgan fingerprint density at radius 2 is 2.20 bits per heavy atom. The van der Waals surface area contributed by atoms with Crippen molar-refractivity contribution in [3.05, 3.63) is 4.91 Å². The molecule has 8 nitrogen and oxygen atoms in total. The average molecular weight is 219 g/mol.